The van der Waals surface area contributed by atoms with E-state index in [0.29, 0.717) is 23.9 Å². The lowest BCUT2D eigenvalue weighted by Crippen LogP contribution is -2.35. The minimum absolute atomic E-state index is 0.163. The molecule has 0 aliphatic rings. The molecule has 2 unspecified atom stereocenters. The van der Waals surface area contributed by atoms with Crippen molar-refractivity contribution in [2.45, 2.75) is 19.1 Å². The fourth-order valence-electron chi connectivity index (χ4n) is 1.27. The first-order valence-corrected chi connectivity index (χ1v) is 5.91. The van der Waals surface area contributed by atoms with Gasteiger partial charge in [0.05, 0.1) is 11.1 Å². The average Bonchev–Trinajstić information content (AvgIpc) is 2.27. The molecule has 3 N–H and O–H groups in total. The number of aliphatic hydroxyl groups excluding tert-OH is 2. The number of aliphatic hydroxyl groups is 2. The summed E-state index contributed by atoms with van der Waals surface area (Å²) < 4.78 is 5.37. The van der Waals surface area contributed by atoms with Crippen molar-refractivity contribution in [3.05, 3.63) is 29.3 Å². The molecule has 0 heterocycles. The van der Waals surface area contributed by atoms with Crippen molar-refractivity contribution >= 4 is 11.6 Å². The summed E-state index contributed by atoms with van der Waals surface area (Å²) in [5, 5.41) is 22.1. The number of ether oxygens (including phenoxy) is 1. The Morgan fingerprint density at radius 3 is 2.65 bits per heavy atom. The number of halogens is 1. The Bertz CT molecular complexity index is 333. The van der Waals surface area contributed by atoms with E-state index in [2.05, 4.69) is 5.32 Å². The van der Waals surface area contributed by atoms with Crippen LogP contribution >= 0.6 is 11.6 Å². The van der Waals surface area contributed by atoms with Crippen LogP contribution in [0, 0.1) is 0 Å². The van der Waals surface area contributed by atoms with Crippen LogP contribution in [0.1, 0.15) is 6.92 Å². The van der Waals surface area contributed by atoms with Crippen LogP contribution in [0.15, 0.2) is 24.3 Å². The third kappa shape index (κ3) is 5.89. The standard InChI is InChI=1S/C12H18ClNO3/c1-9(15)6-14-7-10(16)8-17-12-5-3-2-4-11(12)13/h2-5,9-10,14-16H,6-8H2,1H3. The largest absolute Gasteiger partial charge is 0.489 e. The molecule has 17 heavy (non-hydrogen) atoms. The van der Waals surface area contributed by atoms with Crippen molar-refractivity contribution in [3.8, 4) is 5.75 Å². The number of rotatable bonds is 7. The lowest BCUT2D eigenvalue weighted by molar-refractivity contribution is 0.101. The van der Waals surface area contributed by atoms with E-state index in [0.717, 1.165) is 0 Å². The molecule has 2 atom stereocenters. The SMILES string of the molecule is CC(O)CNCC(O)COc1ccccc1Cl. The van der Waals surface area contributed by atoms with Gasteiger partial charge in [0, 0.05) is 13.1 Å². The van der Waals surface area contributed by atoms with Crippen LogP contribution in [-0.2, 0) is 0 Å². The fourth-order valence-corrected chi connectivity index (χ4v) is 1.46. The molecule has 1 aromatic carbocycles. The summed E-state index contributed by atoms with van der Waals surface area (Å²) >= 11 is 5.90. The van der Waals surface area contributed by atoms with Gasteiger partial charge in [0.2, 0.25) is 0 Å². The predicted molar refractivity (Wildman–Crippen MR) is 67.5 cm³/mol. The molecule has 1 rings (SSSR count). The average molecular weight is 260 g/mol. The first-order chi connectivity index (χ1) is 8.09. The summed E-state index contributed by atoms with van der Waals surface area (Å²) in [4.78, 5) is 0. The fraction of sp³-hybridized carbons (Fsp3) is 0.500. The summed E-state index contributed by atoms with van der Waals surface area (Å²) in [6.07, 6.45) is -1.06. The van der Waals surface area contributed by atoms with E-state index in [1.165, 1.54) is 0 Å². The molecule has 0 aromatic heterocycles. The monoisotopic (exact) mass is 259 g/mol. The van der Waals surface area contributed by atoms with Gasteiger partial charge in [-0.3, -0.25) is 0 Å². The van der Waals surface area contributed by atoms with Gasteiger partial charge < -0.3 is 20.3 Å². The second-order valence-electron chi connectivity index (χ2n) is 3.90. The highest BCUT2D eigenvalue weighted by Crippen LogP contribution is 2.22. The van der Waals surface area contributed by atoms with Crippen molar-refractivity contribution in [2.24, 2.45) is 0 Å². The summed E-state index contributed by atoms with van der Waals surface area (Å²) in [7, 11) is 0. The number of hydrogen-bond acceptors (Lipinski definition) is 4. The van der Waals surface area contributed by atoms with Gasteiger partial charge in [-0.05, 0) is 19.1 Å². The van der Waals surface area contributed by atoms with E-state index in [9.17, 15) is 5.11 Å². The topological polar surface area (TPSA) is 61.7 Å². The van der Waals surface area contributed by atoms with Gasteiger partial charge in [0.15, 0.2) is 0 Å². The molecule has 0 fully saturated rings. The van der Waals surface area contributed by atoms with E-state index >= 15 is 0 Å². The third-order valence-electron chi connectivity index (χ3n) is 2.09. The van der Waals surface area contributed by atoms with E-state index in [1.54, 1.807) is 19.1 Å². The molecule has 0 spiro atoms. The summed E-state index contributed by atoms with van der Waals surface area (Å²) in [5.74, 6) is 0.559. The molecule has 96 valence electrons. The Hall–Kier alpha value is -0.810. The molecular weight excluding hydrogens is 242 g/mol. The molecule has 0 radical (unpaired) electrons. The first kappa shape index (κ1) is 14.3. The molecule has 0 bridgehead atoms. The zero-order chi connectivity index (χ0) is 12.7. The number of para-hydroxylation sites is 1. The second-order valence-corrected chi connectivity index (χ2v) is 4.31. The molecule has 1 aromatic rings. The Labute approximate surface area is 106 Å². The normalized spacial score (nSPS) is 14.4. The van der Waals surface area contributed by atoms with Gasteiger partial charge in [-0.2, -0.15) is 0 Å². The molecule has 0 saturated heterocycles. The Morgan fingerprint density at radius 2 is 2.00 bits per heavy atom. The van der Waals surface area contributed by atoms with Crippen molar-refractivity contribution in [3.63, 3.8) is 0 Å². The van der Waals surface area contributed by atoms with E-state index < -0.39 is 12.2 Å². The zero-order valence-electron chi connectivity index (χ0n) is 9.77. The molecule has 0 aliphatic carbocycles. The quantitative estimate of drug-likeness (QED) is 0.685. The van der Waals surface area contributed by atoms with Crippen LogP contribution in [-0.4, -0.2) is 42.1 Å². The van der Waals surface area contributed by atoms with E-state index in [4.69, 9.17) is 21.4 Å². The van der Waals surface area contributed by atoms with Crippen LogP contribution in [0.3, 0.4) is 0 Å². The van der Waals surface area contributed by atoms with Crippen LogP contribution < -0.4 is 10.1 Å². The Kier molecular flexibility index (Phi) is 6.29. The van der Waals surface area contributed by atoms with E-state index in [-0.39, 0.29) is 6.61 Å². The van der Waals surface area contributed by atoms with Crippen LogP contribution in [0.25, 0.3) is 0 Å². The van der Waals surface area contributed by atoms with Gasteiger partial charge in [0.1, 0.15) is 18.5 Å². The van der Waals surface area contributed by atoms with Crippen molar-refractivity contribution in [1.29, 1.82) is 0 Å². The lowest BCUT2D eigenvalue weighted by atomic mass is 10.3. The highest BCUT2D eigenvalue weighted by atomic mass is 35.5. The number of nitrogens with one attached hydrogen (secondary N) is 1. The van der Waals surface area contributed by atoms with Crippen LogP contribution in [0.4, 0.5) is 0 Å². The molecule has 4 nitrogen and oxygen atoms in total. The highest BCUT2D eigenvalue weighted by molar-refractivity contribution is 6.32. The minimum Gasteiger partial charge on any atom is -0.489 e. The predicted octanol–water partition coefficient (Wildman–Crippen LogP) is 1.05. The molecule has 5 heteroatoms. The molecule has 0 aliphatic heterocycles. The van der Waals surface area contributed by atoms with Gasteiger partial charge in [-0.25, -0.2) is 0 Å². The zero-order valence-corrected chi connectivity index (χ0v) is 10.5. The van der Waals surface area contributed by atoms with Crippen LogP contribution in [0.5, 0.6) is 5.75 Å². The molecule has 0 saturated carbocycles. The maximum Gasteiger partial charge on any atom is 0.138 e. The second kappa shape index (κ2) is 7.50. The number of hydrogen-bond donors (Lipinski definition) is 3. The third-order valence-corrected chi connectivity index (χ3v) is 2.40. The number of benzene rings is 1. The smallest absolute Gasteiger partial charge is 0.138 e. The Morgan fingerprint density at radius 1 is 1.29 bits per heavy atom. The minimum atomic E-state index is -0.634. The maximum atomic E-state index is 9.60. The Balaban J connectivity index is 2.24. The highest BCUT2D eigenvalue weighted by Gasteiger charge is 2.07. The first-order valence-electron chi connectivity index (χ1n) is 5.53. The van der Waals surface area contributed by atoms with Crippen molar-refractivity contribution in [2.75, 3.05) is 19.7 Å². The summed E-state index contributed by atoms with van der Waals surface area (Å²) in [5.41, 5.74) is 0. The maximum absolute atomic E-state index is 9.60. The van der Waals surface area contributed by atoms with E-state index in [1.807, 2.05) is 12.1 Å². The van der Waals surface area contributed by atoms with Gasteiger partial charge in [0.25, 0.3) is 0 Å². The summed E-state index contributed by atoms with van der Waals surface area (Å²) in [6, 6.07) is 7.11. The van der Waals surface area contributed by atoms with Gasteiger partial charge in [-0.1, -0.05) is 23.7 Å². The molecular formula is C12H18ClNO3. The lowest BCUT2D eigenvalue weighted by Gasteiger charge is -2.14. The van der Waals surface area contributed by atoms with Crippen LogP contribution in [0.2, 0.25) is 5.02 Å². The molecule has 0 amide bonds. The van der Waals surface area contributed by atoms with Crippen molar-refractivity contribution in [1.82, 2.24) is 5.32 Å². The van der Waals surface area contributed by atoms with Crippen molar-refractivity contribution < 1.29 is 14.9 Å². The summed E-state index contributed by atoms with van der Waals surface area (Å²) in [6.45, 7) is 2.66. The van der Waals surface area contributed by atoms with Gasteiger partial charge >= 0.3 is 0 Å². The van der Waals surface area contributed by atoms with Gasteiger partial charge in [-0.15, -0.1) is 0 Å².